The molecule has 0 amide bonds. The van der Waals surface area contributed by atoms with E-state index in [1.54, 1.807) is 0 Å². The molecule has 3 heterocycles. The Hall–Kier alpha value is -5.22. The molecule has 10 rings (SSSR count). The Morgan fingerprint density at radius 1 is 0.400 bits per heavy atom. The number of hydrogen-bond acceptors (Lipinski definition) is 2. The first-order valence-electron chi connectivity index (χ1n) is 15.3. The van der Waals surface area contributed by atoms with Crippen LogP contribution < -0.4 is 0 Å². The fourth-order valence-corrected chi connectivity index (χ4v) is 9.50. The van der Waals surface area contributed by atoms with Gasteiger partial charge in [-0.1, -0.05) is 115 Å². The largest absolute Gasteiger partial charge is 0.308 e. The van der Waals surface area contributed by atoms with E-state index in [4.69, 9.17) is 0 Å². The third kappa shape index (κ3) is 3.78. The molecule has 0 atom stereocenters. The molecule has 0 N–H and O–H groups in total. The number of fused-ring (bicyclic) bond motifs is 10. The second-order valence-corrected chi connectivity index (χ2v) is 13.9. The average molecular weight is 608 g/mol. The Kier molecular flexibility index (Phi) is 5.39. The van der Waals surface area contributed by atoms with Gasteiger partial charge in [0, 0.05) is 41.3 Å². The van der Waals surface area contributed by atoms with E-state index in [1.807, 2.05) is 22.7 Å². The Morgan fingerprint density at radius 2 is 1.02 bits per heavy atom. The second-order valence-electron chi connectivity index (χ2n) is 11.7. The van der Waals surface area contributed by atoms with E-state index in [-0.39, 0.29) is 0 Å². The van der Waals surface area contributed by atoms with Gasteiger partial charge in [0.15, 0.2) is 0 Å². The molecule has 0 spiro atoms. The highest BCUT2D eigenvalue weighted by molar-refractivity contribution is 7.27. The van der Waals surface area contributed by atoms with E-state index >= 15 is 0 Å². The van der Waals surface area contributed by atoms with Crippen LogP contribution in [0.4, 0.5) is 0 Å². The maximum atomic E-state index is 2.42. The van der Waals surface area contributed by atoms with Crippen LogP contribution in [0.2, 0.25) is 0 Å². The lowest BCUT2D eigenvalue weighted by Gasteiger charge is -2.08. The first-order valence-corrected chi connectivity index (χ1v) is 16.9. The van der Waals surface area contributed by atoms with Gasteiger partial charge in [-0.15, -0.1) is 22.7 Å². The van der Waals surface area contributed by atoms with Gasteiger partial charge >= 0.3 is 0 Å². The van der Waals surface area contributed by atoms with Crippen LogP contribution in [-0.4, -0.2) is 4.57 Å². The molecule has 0 unspecified atom stereocenters. The highest BCUT2D eigenvalue weighted by atomic mass is 32.1. The predicted octanol–water partition coefficient (Wildman–Crippen LogP) is 12.9. The third-order valence-corrected chi connectivity index (χ3v) is 11.5. The maximum absolute atomic E-state index is 2.42. The van der Waals surface area contributed by atoms with Crippen molar-refractivity contribution in [2.75, 3.05) is 0 Å². The number of thiophene rings is 2. The van der Waals surface area contributed by atoms with Crippen molar-refractivity contribution in [2.24, 2.45) is 0 Å². The predicted molar refractivity (Wildman–Crippen MR) is 197 cm³/mol. The van der Waals surface area contributed by atoms with E-state index in [1.165, 1.54) is 90.1 Å². The van der Waals surface area contributed by atoms with Crippen LogP contribution in [0.15, 0.2) is 152 Å². The summed E-state index contributed by atoms with van der Waals surface area (Å²) in [5, 5.41) is 7.97. The minimum atomic E-state index is 1.20. The van der Waals surface area contributed by atoms with E-state index in [9.17, 15) is 0 Å². The summed E-state index contributed by atoms with van der Waals surface area (Å²) in [7, 11) is 0. The van der Waals surface area contributed by atoms with Crippen LogP contribution in [0, 0.1) is 0 Å². The van der Waals surface area contributed by atoms with E-state index < -0.39 is 0 Å². The number of rotatable bonds is 3. The molecule has 45 heavy (non-hydrogen) atoms. The van der Waals surface area contributed by atoms with E-state index in [0.29, 0.717) is 0 Å². The molecule has 1 nitrogen and oxygen atoms in total. The monoisotopic (exact) mass is 607 g/mol. The molecule has 210 valence electrons. The Labute approximate surface area is 267 Å². The van der Waals surface area contributed by atoms with Gasteiger partial charge in [0.2, 0.25) is 0 Å². The number of benzene rings is 7. The summed E-state index contributed by atoms with van der Waals surface area (Å²) in [6.45, 7) is 0. The summed E-state index contributed by atoms with van der Waals surface area (Å²) >= 11 is 3.79. The molecular formula is C42H25NS2. The Bertz CT molecular complexity index is 2740. The molecule has 0 aliphatic rings. The van der Waals surface area contributed by atoms with Crippen molar-refractivity contribution in [2.45, 2.75) is 0 Å². The maximum Gasteiger partial charge on any atom is 0.0727 e. The fraction of sp³-hybridized carbons (Fsp3) is 0. The van der Waals surface area contributed by atoms with Crippen molar-refractivity contribution in [1.82, 2.24) is 4.57 Å². The molecule has 0 bridgehead atoms. The summed E-state index contributed by atoms with van der Waals surface area (Å²) in [6, 6.07) is 55.7. The summed E-state index contributed by atoms with van der Waals surface area (Å²) in [6.07, 6.45) is 0. The smallest absolute Gasteiger partial charge is 0.0727 e. The summed E-state index contributed by atoms with van der Waals surface area (Å²) in [5.74, 6) is 0. The lowest BCUT2D eigenvalue weighted by Crippen LogP contribution is -1.92. The number of hydrogen-bond donors (Lipinski definition) is 0. The first kappa shape index (κ1) is 25.1. The van der Waals surface area contributed by atoms with Crippen LogP contribution in [0.25, 0.3) is 90.1 Å². The molecule has 0 saturated heterocycles. The molecule has 0 aliphatic heterocycles. The van der Waals surface area contributed by atoms with Crippen molar-refractivity contribution >= 4 is 84.8 Å². The number of aromatic nitrogens is 1. The number of para-hydroxylation sites is 2. The van der Waals surface area contributed by atoms with Crippen LogP contribution >= 0.6 is 22.7 Å². The van der Waals surface area contributed by atoms with Gasteiger partial charge < -0.3 is 4.57 Å². The minimum absolute atomic E-state index is 1.20. The van der Waals surface area contributed by atoms with Gasteiger partial charge in [-0.3, -0.25) is 0 Å². The molecule has 3 heteroatoms. The summed E-state index contributed by atoms with van der Waals surface area (Å²) in [4.78, 5) is 0. The van der Waals surface area contributed by atoms with Crippen LogP contribution in [0.5, 0.6) is 0 Å². The normalized spacial score (nSPS) is 12.0. The molecule has 0 aliphatic carbocycles. The van der Waals surface area contributed by atoms with Gasteiger partial charge in [0.25, 0.3) is 0 Å². The molecule has 7 aromatic carbocycles. The van der Waals surface area contributed by atoms with Crippen molar-refractivity contribution in [3.05, 3.63) is 152 Å². The zero-order valence-electron chi connectivity index (χ0n) is 24.2. The highest BCUT2D eigenvalue weighted by Gasteiger charge is 2.18. The third-order valence-electron chi connectivity index (χ3n) is 9.20. The standard InChI is InChI=1S/C42H25NS2/c1-2-9-31(10-3-1)43-36-13-7-6-12-33(36)42-41(43)35-22-19-30(25-39(35)45-42)27-16-14-26(15-17-27)29-18-21-34-38(24-29)44-37-23-20-28-8-4-5-11-32(28)40(34)37/h1-25H. The summed E-state index contributed by atoms with van der Waals surface area (Å²) in [5.41, 5.74) is 8.75. The average Bonchev–Trinajstić information content (AvgIpc) is 3.77. The molecule has 10 aromatic rings. The SMILES string of the molecule is c1ccc(-n2c3ccccc3c3sc4cc(-c5ccc(-c6ccc7c(c6)sc6ccc8ccccc8c67)cc5)ccc4c32)cc1. The van der Waals surface area contributed by atoms with Gasteiger partial charge in [-0.05, 0) is 69.4 Å². The van der Waals surface area contributed by atoms with Gasteiger partial charge in [0.05, 0.1) is 15.7 Å². The zero-order chi connectivity index (χ0) is 29.5. The van der Waals surface area contributed by atoms with Gasteiger partial charge in [-0.2, -0.15) is 0 Å². The van der Waals surface area contributed by atoms with Crippen molar-refractivity contribution in [1.29, 1.82) is 0 Å². The van der Waals surface area contributed by atoms with E-state index in [0.717, 1.165) is 0 Å². The number of nitrogens with zero attached hydrogens (tertiary/aromatic N) is 1. The fourth-order valence-electron chi connectivity index (χ4n) is 7.07. The molecule has 0 saturated carbocycles. The van der Waals surface area contributed by atoms with Gasteiger partial charge in [-0.25, -0.2) is 0 Å². The molecule has 3 aromatic heterocycles. The quantitative estimate of drug-likeness (QED) is 0.188. The van der Waals surface area contributed by atoms with E-state index in [2.05, 4.69) is 156 Å². The van der Waals surface area contributed by atoms with Crippen LogP contribution in [-0.2, 0) is 0 Å². The Morgan fingerprint density at radius 3 is 1.80 bits per heavy atom. The van der Waals surface area contributed by atoms with Crippen LogP contribution in [0.1, 0.15) is 0 Å². The summed E-state index contributed by atoms with van der Waals surface area (Å²) < 4.78 is 7.78. The van der Waals surface area contributed by atoms with Crippen molar-refractivity contribution in [3.63, 3.8) is 0 Å². The highest BCUT2D eigenvalue weighted by Crippen LogP contribution is 2.44. The molecular weight excluding hydrogens is 583 g/mol. The second kappa shape index (κ2) is 9.64. The minimum Gasteiger partial charge on any atom is -0.308 e. The molecule has 0 fully saturated rings. The van der Waals surface area contributed by atoms with Crippen molar-refractivity contribution < 1.29 is 0 Å². The Balaban J connectivity index is 1.05. The topological polar surface area (TPSA) is 4.93 Å². The van der Waals surface area contributed by atoms with Crippen LogP contribution in [0.3, 0.4) is 0 Å². The van der Waals surface area contributed by atoms with Gasteiger partial charge in [0.1, 0.15) is 0 Å². The zero-order valence-corrected chi connectivity index (χ0v) is 25.8. The molecule has 0 radical (unpaired) electrons. The first-order chi connectivity index (χ1) is 22.3. The lowest BCUT2D eigenvalue weighted by molar-refractivity contribution is 1.19. The van der Waals surface area contributed by atoms with Crippen molar-refractivity contribution in [3.8, 4) is 27.9 Å². The lowest BCUT2D eigenvalue weighted by atomic mass is 9.98.